The van der Waals surface area contributed by atoms with Crippen molar-refractivity contribution in [2.24, 2.45) is 10.9 Å². The maximum absolute atomic E-state index is 9.09. The van der Waals surface area contributed by atoms with Gasteiger partial charge in [-0.3, -0.25) is 4.98 Å². The molecule has 1 heterocycles. The summed E-state index contributed by atoms with van der Waals surface area (Å²) < 4.78 is 0. The molecule has 0 radical (unpaired) electrons. The first-order chi connectivity index (χ1) is 8.54. The molecule has 0 spiro atoms. The number of anilines is 1. The summed E-state index contributed by atoms with van der Waals surface area (Å²) in [7, 11) is 0. The largest absolute Gasteiger partial charge is 0.409 e. The molecule has 4 N–H and O–H groups in total. The van der Waals surface area contributed by atoms with E-state index in [0.717, 1.165) is 17.9 Å². The fraction of sp³-hybridized carbons (Fsp3) is 0.500. The van der Waals surface area contributed by atoms with Crippen LogP contribution in [0.15, 0.2) is 11.2 Å². The summed E-state index contributed by atoms with van der Waals surface area (Å²) in [5, 5.41) is 21.0. The smallest absolute Gasteiger partial charge is 0.174 e. The molecule has 18 heavy (non-hydrogen) atoms. The molecule has 0 unspecified atom stereocenters. The second-order valence-corrected chi connectivity index (χ2v) is 4.03. The van der Waals surface area contributed by atoms with Gasteiger partial charge in [0.15, 0.2) is 5.84 Å². The third-order valence-electron chi connectivity index (χ3n) is 2.76. The highest BCUT2D eigenvalue weighted by atomic mass is 16.4. The third kappa shape index (κ3) is 2.89. The summed E-state index contributed by atoms with van der Waals surface area (Å²) in [5.74, 6) is 0.0337. The second-order valence-electron chi connectivity index (χ2n) is 4.03. The standard InChI is InChI=1S/C12H20N4O2/c1-4-16(5-6-17)10-7-8(2)14-9(3)11(10)12(13)15-18/h7,17-18H,4-6H2,1-3H3,(H2,13,15). The summed E-state index contributed by atoms with van der Waals surface area (Å²) in [6, 6.07) is 1.87. The van der Waals surface area contributed by atoms with Gasteiger partial charge < -0.3 is 20.9 Å². The molecule has 0 saturated heterocycles. The lowest BCUT2D eigenvalue weighted by atomic mass is 10.1. The van der Waals surface area contributed by atoms with Crippen LogP contribution in [0, 0.1) is 13.8 Å². The van der Waals surface area contributed by atoms with Gasteiger partial charge in [-0.05, 0) is 26.8 Å². The highest BCUT2D eigenvalue weighted by Gasteiger charge is 2.17. The van der Waals surface area contributed by atoms with Crippen LogP contribution in [0.25, 0.3) is 0 Å². The average Bonchev–Trinajstić information content (AvgIpc) is 2.34. The summed E-state index contributed by atoms with van der Waals surface area (Å²) in [4.78, 5) is 6.29. The number of pyridine rings is 1. The van der Waals surface area contributed by atoms with Gasteiger partial charge in [-0.2, -0.15) is 0 Å². The number of aryl methyl sites for hydroxylation is 2. The van der Waals surface area contributed by atoms with E-state index in [-0.39, 0.29) is 12.4 Å². The SMILES string of the molecule is CCN(CCO)c1cc(C)nc(C)c1/C(N)=N/O. The Morgan fingerprint density at radius 1 is 1.50 bits per heavy atom. The topological polar surface area (TPSA) is 95.0 Å². The minimum absolute atomic E-state index is 0.0337. The van der Waals surface area contributed by atoms with Gasteiger partial charge in [-0.25, -0.2) is 0 Å². The van der Waals surface area contributed by atoms with E-state index in [1.54, 1.807) is 0 Å². The number of oxime groups is 1. The number of aliphatic hydroxyl groups excluding tert-OH is 1. The molecular formula is C12H20N4O2. The second kappa shape index (κ2) is 6.20. The predicted molar refractivity (Wildman–Crippen MR) is 71.2 cm³/mol. The Balaban J connectivity index is 3.39. The van der Waals surface area contributed by atoms with E-state index >= 15 is 0 Å². The van der Waals surface area contributed by atoms with Crippen LogP contribution in [0.5, 0.6) is 0 Å². The molecule has 0 aromatic carbocycles. The van der Waals surface area contributed by atoms with Gasteiger partial charge in [0.1, 0.15) is 0 Å². The maximum Gasteiger partial charge on any atom is 0.174 e. The highest BCUT2D eigenvalue weighted by Crippen LogP contribution is 2.23. The van der Waals surface area contributed by atoms with Crippen LogP contribution in [0.4, 0.5) is 5.69 Å². The third-order valence-corrected chi connectivity index (χ3v) is 2.76. The van der Waals surface area contributed by atoms with E-state index in [2.05, 4.69) is 10.1 Å². The van der Waals surface area contributed by atoms with Crippen molar-refractivity contribution in [2.75, 3.05) is 24.6 Å². The first kappa shape index (κ1) is 14.2. The van der Waals surface area contributed by atoms with Crippen molar-refractivity contribution in [3.63, 3.8) is 0 Å². The molecule has 0 fully saturated rings. The molecule has 0 aliphatic heterocycles. The van der Waals surface area contributed by atoms with Crippen molar-refractivity contribution >= 4 is 11.5 Å². The van der Waals surface area contributed by atoms with Gasteiger partial charge >= 0.3 is 0 Å². The predicted octanol–water partition coefficient (Wildman–Crippen LogP) is 0.612. The number of likely N-dealkylation sites (N-methyl/N-ethyl adjacent to an activating group) is 1. The molecule has 6 heteroatoms. The fourth-order valence-corrected chi connectivity index (χ4v) is 1.99. The Morgan fingerprint density at radius 2 is 2.17 bits per heavy atom. The van der Waals surface area contributed by atoms with Crippen LogP contribution in [-0.2, 0) is 0 Å². The van der Waals surface area contributed by atoms with Crippen molar-refractivity contribution in [2.45, 2.75) is 20.8 Å². The molecule has 6 nitrogen and oxygen atoms in total. The van der Waals surface area contributed by atoms with Crippen LogP contribution >= 0.6 is 0 Å². The molecule has 0 aliphatic rings. The molecule has 0 amide bonds. The van der Waals surface area contributed by atoms with E-state index in [4.69, 9.17) is 16.0 Å². The zero-order valence-corrected chi connectivity index (χ0v) is 11.0. The molecule has 1 aromatic heterocycles. The van der Waals surface area contributed by atoms with E-state index in [0.29, 0.717) is 17.8 Å². The number of aliphatic hydroxyl groups is 1. The van der Waals surface area contributed by atoms with Crippen LogP contribution in [0.2, 0.25) is 0 Å². The molecule has 0 saturated carbocycles. The molecule has 0 atom stereocenters. The zero-order chi connectivity index (χ0) is 13.7. The monoisotopic (exact) mass is 252 g/mol. The summed E-state index contributed by atoms with van der Waals surface area (Å²) in [6.45, 7) is 6.94. The normalized spacial score (nSPS) is 11.7. The Morgan fingerprint density at radius 3 is 2.67 bits per heavy atom. The van der Waals surface area contributed by atoms with E-state index in [1.807, 2.05) is 31.7 Å². The minimum atomic E-state index is 0.0337. The summed E-state index contributed by atoms with van der Waals surface area (Å²) >= 11 is 0. The molecule has 1 aromatic rings. The van der Waals surface area contributed by atoms with Gasteiger partial charge in [0.25, 0.3) is 0 Å². The van der Waals surface area contributed by atoms with Gasteiger partial charge in [0, 0.05) is 18.8 Å². The van der Waals surface area contributed by atoms with E-state index in [1.165, 1.54) is 0 Å². The van der Waals surface area contributed by atoms with Crippen molar-refractivity contribution in [3.05, 3.63) is 23.0 Å². The number of amidine groups is 1. The molecular weight excluding hydrogens is 232 g/mol. The van der Waals surface area contributed by atoms with Crippen LogP contribution in [0.1, 0.15) is 23.9 Å². The first-order valence-electron chi connectivity index (χ1n) is 5.87. The summed E-state index contributed by atoms with van der Waals surface area (Å²) in [5.41, 5.74) is 8.70. The quantitative estimate of drug-likeness (QED) is 0.309. The lowest BCUT2D eigenvalue weighted by molar-refractivity contribution is 0.302. The number of nitrogens with zero attached hydrogens (tertiary/aromatic N) is 3. The molecule has 1 rings (SSSR count). The van der Waals surface area contributed by atoms with Crippen molar-refractivity contribution in [3.8, 4) is 0 Å². The van der Waals surface area contributed by atoms with Gasteiger partial charge in [0.2, 0.25) is 0 Å². The van der Waals surface area contributed by atoms with Crippen LogP contribution in [0.3, 0.4) is 0 Å². The number of hydrogen-bond donors (Lipinski definition) is 3. The van der Waals surface area contributed by atoms with Crippen LogP contribution in [-0.4, -0.2) is 40.8 Å². The van der Waals surface area contributed by atoms with E-state index in [9.17, 15) is 0 Å². The Labute approximate surface area is 107 Å². The minimum Gasteiger partial charge on any atom is -0.409 e. The van der Waals surface area contributed by atoms with Crippen LogP contribution < -0.4 is 10.6 Å². The molecule has 0 aliphatic carbocycles. The number of rotatable bonds is 5. The fourth-order valence-electron chi connectivity index (χ4n) is 1.99. The van der Waals surface area contributed by atoms with Crippen molar-refractivity contribution < 1.29 is 10.3 Å². The van der Waals surface area contributed by atoms with Gasteiger partial charge in [-0.1, -0.05) is 5.16 Å². The molecule has 0 bridgehead atoms. The van der Waals surface area contributed by atoms with Crippen molar-refractivity contribution in [1.29, 1.82) is 0 Å². The van der Waals surface area contributed by atoms with E-state index < -0.39 is 0 Å². The van der Waals surface area contributed by atoms with Gasteiger partial charge in [-0.15, -0.1) is 0 Å². The number of nitrogens with two attached hydrogens (primary N) is 1. The Hall–Kier alpha value is -1.82. The molecule has 100 valence electrons. The first-order valence-corrected chi connectivity index (χ1v) is 5.87. The Bertz CT molecular complexity index is 446. The van der Waals surface area contributed by atoms with Gasteiger partial charge in [0.05, 0.1) is 23.6 Å². The lowest BCUT2D eigenvalue weighted by Gasteiger charge is -2.25. The summed E-state index contributed by atoms with van der Waals surface area (Å²) in [6.07, 6.45) is 0. The maximum atomic E-state index is 9.09. The van der Waals surface area contributed by atoms with Crippen molar-refractivity contribution in [1.82, 2.24) is 4.98 Å². The zero-order valence-electron chi connectivity index (χ0n) is 11.0. The highest BCUT2D eigenvalue weighted by molar-refractivity contribution is 6.03. The number of hydrogen-bond acceptors (Lipinski definition) is 5. The lowest BCUT2D eigenvalue weighted by Crippen LogP contribution is -2.30. The average molecular weight is 252 g/mol. The number of aromatic nitrogens is 1. The Kier molecular flexibility index (Phi) is 4.91.